The van der Waals surface area contributed by atoms with Gasteiger partial charge >= 0.3 is 13.8 Å². The maximum atomic E-state index is 10.5. The smallest absolute Gasteiger partial charge is 0.468 e. The van der Waals surface area contributed by atoms with Gasteiger partial charge in [-0.2, -0.15) is 0 Å². The molecule has 12 heavy (non-hydrogen) atoms. The summed E-state index contributed by atoms with van der Waals surface area (Å²) in [6.07, 6.45) is 0. The highest BCUT2D eigenvalue weighted by molar-refractivity contribution is 7.46. The van der Waals surface area contributed by atoms with Gasteiger partial charge in [-0.25, -0.2) is 4.57 Å². The molecule has 0 radical (unpaired) electrons. The van der Waals surface area contributed by atoms with Crippen LogP contribution >= 0.6 is 7.82 Å². The van der Waals surface area contributed by atoms with E-state index in [0.717, 1.165) is 7.11 Å². The van der Waals surface area contributed by atoms with Crippen LogP contribution in [0.15, 0.2) is 0 Å². The van der Waals surface area contributed by atoms with Crippen molar-refractivity contribution in [2.45, 2.75) is 6.04 Å². The molecule has 4 N–H and O–H groups in total. The van der Waals surface area contributed by atoms with Crippen molar-refractivity contribution in [1.29, 1.82) is 0 Å². The molecule has 0 aliphatic heterocycles. The SMILES string of the molecule is COC(=O)C(N)COP(=O)(O)O. The van der Waals surface area contributed by atoms with Gasteiger partial charge in [0.2, 0.25) is 0 Å². The normalized spacial score (nSPS) is 14.0. The van der Waals surface area contributed by atoms with Crippen LogP contribution in [0.25, 0.3) is 0 Å². The molecule has 0 amide bonds. The first-order valence-electron chi connectivity index (χ1n) is 2.90. The van der Waals surface area contributed by atoms with Crippen molar-refractivity contribution in [2.75, 3.05) is 13.7 Å². The lowest BCUT2D eigenvalue weighted by atomic mass is 10.3. The zero-order valence-corrected chi connectivity index (χ0v) is 7.23. The quantitative estimate of drug-likeness (QED) is 0.376. The molecule has 0 aliphatic rings. The molecule has 8 heteroatoms. The summed E-state index contributed by atoms with van der Waals surface area (Å²) in [6.45, 7) is -0.572. The first-order valence-corrected chi connectivity index (χ1v) is 4.43. The van der Waals surface area contributed by atoms with E-state index in [1.807, 2.05) is 0 Å². The first kappa shape index (κ1) is 11.5. The van der Waals surface area contributed by atoms with Crippen LogP contribution in [0, 0.1) is 0 Å². The Kier molecular flexibility index (Phi) is 4.36. The van der Waals surface area contributed by atoms with Gasteiger partial charge in [0.1, 0.15) is 6.04 Å². The van der Waals surface area contributed by atoms with E-state index in [2.05, 4.69) is 9.26 Å². The molecule has 0 aliphatic carbocycles. The average Bonchev–Trinajstić information content (AvgIpc) is 1.97. The predicted molar refractivity (Wildman–Crippen MR) is 38.0 cm³/mol. The fourth-order valence-corrected chi connectivity index (χ4v) is 0.752. The number of carbonyl (C=O) groups excluding carboxylic acids is 1. The van der Waals surface area contributed by atoms with E-state index in [4.69, 9.17) is 15.5 Å². The maximum Gasteiger partial charge on any atom is 0.469 e. The molecule has 0 aromatic heterocycles. The van der Waals surface area contributed by atoms with Crippen molar-refractivity contribution in [3.63, 3.8) is 0 Å². The Morgan fingerprint density at radius 3 is 2.50 bits per heavy atom. The lowest BCUT2D eigenvalue weighted by Crippen LogP contribution is -2.35. The minimum atomic E-state index is -4.56. The standard InChI is InChI=1S/C4H10NO6P/c1-10-4(6)3(5)2-11-12(7,8)9/h3H,2,5H2,1H3,(H2,7,8,9). The Balaban J connectivity index is 3.79. The van der Waals surface area contributed by atoms with Gasteiger partial charge in [0.15, 0.2) is 0 Å². The molecule has 72 valence electrons. The Labute approximate surface area is 68.7 Å². The van der Waals surface area contributed by atoms with Crippen molar-refractivity contribution < 1.29 is 28.4 Å². The van der Waals surface area contributed by atoms with E-state index >= 15 is 0 Å². The Hall–Kier alpha value is -0.460. The number of phosphoric acid groups is 1. The van der Waals surface area contributed by atoms with Crippen molar-refractivity contribution in [3.8, 4) is 0 Å². The van der Waals surface area contributed by atoms with Gasteiger partial charge in [0, 0.05) is 0 Å². The fourth-order valence-electron chi connectivity index (χ4n) is 0.397. The van der Waals surface area contributed by atoms with Crippen LogP contribution < -0.4 is 5.73 Å². The van der Waals surface area contributed by atoms with Gasteiger partial charge in [-0.05, 0) is 0 Å². The predicted octanol–water partition coefficient (Wildman–Crippen LogP) is -1.40. The molecule has 0 aromatic carbocycles. The van der Waals surface area contributed by atoms with Gasteiger partial charge in [-0.15, -0.1) is 0 Å². The zero-order valence-electron chi connectivity index (χ0n) is 6.34. The van der Waals surface area contributed by atoms with Gasteiger partial charge in [0.25, 0.3) is 0 Å². The van der Waals surface area contributed by atoms with Crippen LogP contribution in [0.4, 0.5) is 0 Å². The Morgan fingerprint density at radius 1 is 1.67 bits per heavy atom. The summed E-state index contributed by atoms with van der Waals surface area (Å²) < 4.78 is 18.2. The highest BCUT2D eigenvalue weighted by atomic mass is 31.2. The minimum absolute atomic E-state index is 0.572. The van der Waals surface area contributed by atoms with Crippen LogP contribution in [0.3, 0.4) is 0 Å². The summed E-state index contributed by atoms with van der Waals surface area (Å²) in [5.41, 5.74) is 5.09. The van der Waals surface area contributed by atoms with Gasteiger partial charge in [0.05, 0.1) is 13.7 Å². The van der Waals surface area contributed by atoms with Crippen LogP contribution in [0.2, 0.25) is 0 Å². The molecular weight excluding hydrogens is 189 g/mol. The van der Waals surface area contributed by atoms with Gasteiger partial charge in [-0.1, -0.05) is 0 Å². The number of nitrogens with two attached hydrogens (primary N) is 1. The molecule has 0 fully saturated rings. The number of esters is 1. The number of methoxy groups -OCH3 is 1. The molecule has 0 saturated carbocycles. The Bertz CT molecular complexity index is 200. The second-order valence-electron chi connectivity index (χ2n) is 1.92. The van der Waals surface area contributed by atoms with Gasteiger partial charge < -0.3 is 20.3 Å². The van der Waals surface area contributed by atoms with E-state index < -0.39 is 26.4 Å². The monoisotopic (exact) mass is 199 g/mol. The first-order chi connectivity index (χ1) is 5.37. The molecule has 0 spiro atoms. The van der Waals surface area contributed by atoms with Gasteiger partial charge in [-0.3, -0.25) is 9.32 Å². The maximum absolute atomic E-state index is 10.5. The number of hydrogen-bond acceptors (Lipinski definition) is 5. The van der Waals surface area contributed by atoms with E-state index in [9.17, 15) is 9.36 Å². The van der Waals surface area contributed by atoms with E-state index in [-0.39, 0.29) is 0 Å². The van der Waals surface area contributed by atoms with Crippen molar-refractivity contribution >= 4 is 13.8 Å². The highest BCUT2D eigenvalue weighted by Crippen LogP contribution is 2.35. The number of rotatable bonds is 4. The fraction of sp³-hybridized carbons (Fsp3) is 0.750. The summed E-state index contributed by atoms with van der Waals surface area (Å²) >= 11 is 0. The van der Waals surface area contributed by atoms with E-state index in [1.165, 1.54) is 0 Å². The number of hydrogen-bond donors (Lipinski definition) is 3. The Morgan fingerprint density at radius 2 is 2.17 bits per heavy atom. The third-order valence-corrected chi connectivity index (χ3v) is 1.41. The summed E-state index contributed by atoms with van der Waals surface area (Å²) in [5.74, 6) is -0.788. The molecular formula is C4H10NO6P. The third kappa shape index (κ3) is 5.22. The molecule has 0 saturated heterocycles. The van der Waals surface area contributed by atoms with Crippen LogP contribution in [-0.2, 0) is 18.6 Å². The third-order valence-electron chi connectivity index (χ3n) is 0.926. The molecule has 7 nitrogen and oxygen atoms in total. The molecule has 0 bridgehead atoms. The largest absolute Gasteiger partial charge is 0.469 e. The summed E-state index contributed by atoms with van der Waals surface area (Å²) in [6, 6.07) is -1.18. The van der Waals surface area contributed by atoms with Crippen LogP contribution in [0.5, 0.6) is 0 Å². The van der Waals surface area contributed by atoms with Crippen molar-refractivity contribution in [3.05, 3.63) is 0 Å². The van der Waals surface area contributed by atoms with Crippen LogP contribution in [-0.4, -0.2) is 35.5 Å². The number of carbonyl (C=O) groups is 1. The van der Waals surface area contributed by atoms with Crippen molar-refractivity contribution in [1.82, 2.24) is 0 Å². The molecule has 0 rings (SSSR count). The summed E-state index contributed by atoms with van der Waals surface area (Å²) in [7, 11) is -3.45. The molecule has 1 unspecified atom stereocenters. The topological polar surface area (TPSA) is 119 Å². The van der Waals surface area contributed by atoms with E-state index in [0.29, 0.717) is 0 Å². The second-order valence-corrected chi connectivity index (χ2v) is 3.16. The minimum Gasteiger partial charge on any atom is -0.468 e. The van der Waals surface area contributed by atoms with Crippen LogP contribution in [0.1, 0.15) is 0 Å². The summed E-state index contributed by atoms with van der Waals surface area (Å²) in [4.78, 5) is 27.0. The zero-order chi connectivity index (χ0) is 9.78. The number of phosphoric ester groups is 1. The molecule has 0 heterocycles. The molecule has 0 aromatic rings. The lowest BCUT2D eigenvalue weighted by Gasteiger charge is -2.09. The summed E-state index contributed by atoms with van der Waals surface area (Å²) in [5, 5.41) is 0. The second kappa shape index (κ2) is 4.54. The number of ether oxygens (including phenoxy) is 1. The van der Waals surface area contributed by atoms with Crippen molar-refractivity contribution in [2.24, 2.45) is 5.73 Å². The van der Waals surface area contributed by atoms with E-state index in [1.54, 1.807) is 0 Å². The molecule has 1 atom stereocenters. The highest BCUT2D eigenvalue weighted by Gasteiger charge is 2.20. The lowest BCUT2D eigenvalue weighted by molar-refractivity contribution is -0.142. The average molecular weight is 199 g/mol.